The Bertz CT molecular complexity index is 1080. The number of anilines is 1. The third-order valence-corrected chi connectivity index (χ3v) is 5.50. The van der Waals surface area contributed by atoms with E-state index in [1.807, 2.05) is 35.0 Å². The summed E-state index contributed by atoms with van der Waals surface area (Å²) in [5.41, 5.74) is 0.983. The molecule has 0 spiro atoms. The lowest BCUT2D eigenvalue weighted by atomic mass is 10.1. The number of pyridine rings is 1. The van der Waals surface area contributed by atoms with Crippen LogP contribution in [0.4, 0.5) is 23.8 Å². The minimum atomic E-state index is -4.50. The van der Waals surface area contributed by atoms with Crippen molar-refractivity contribution >= 4 is 23.4 Å². The zero-order valence-corrected chi connectivity index (χ0v) is 17.6. The smallest absolute Gasteiger partial charge is 0.352 e. The molecule has 3 aromatic rings. The van der Waals surface area contributed by atoms with E-state index in [4.69, 9.17) is 11.6 Å². The highest BCUT2D eigenvalue weighted by atomic mass is 35.5. The lowest BCUT2D eigenvalue weighted by Gasteiger charge is -2.35. The predicted molar refractivity (Wildman–Crippen MR) is 114 cm³/mol. The van der Waals surface area contributed by atoms with Crippen molar-refractivity contribution in [3.8, 4) is 5.69 Å². The lowest BCUT2D eigenvalue weighted by Crippen LogP contribution is -2.52. The maximum atomic E-state index is 12.8. The molecule has 7 nitrogen and oxygen atoms in total. The number of hydrogen-bond acceptors (Lipinski definition) is 4. The summed E-state index contributed by atoms with van der Waals surface area (Å²) in [6.07, 6.45) is 1.49. The SMILES string of the molecule is O=C(NCc1ccccc1-n1ccnc1)N1CCN(c2ncc(C(F)(F)F)cc2Cl)CC1. The summed E-state index contributed by atoms with van der Waals surface area (Å²) in [5.74, 6) is 0.286. The minimum absolute atomic E-state index is 0.0613. The van der Waals surface area contributed by atoms with Crippen LogP contribution in [-0.4, -0.2) is 51.6 Å². The first-order valence-corrected chi connectivity index (χ1v) is 10.3. The first-order valence-electron chi connectivity index (χ1n) is 9.89. The highest BCUT2D eigenvalue weighted by Gasteiger charge is 2.32. The van der Waals surface area contributed by atoms with Gasteiger partial charge in [0.25, 0.3) is 0 Å². The van der Waals surface area contributed by atoms with Gasteiger partial charge in [-0.3, -0.25) is 0 Å². The van der Waals surface area contributed by atoms with E-state index < -0.39 is 11.7 Å². The molecule has 0 aliphatic carbocycles. The van der Waals surface area contributed by atoms with Crippen LogP contribution < -0.4 is 10.2 Å². The van der Waals surface area contributed by atoms with E-state index in [9.17, 15) is 18.0 Å². The van der Waals surface area contributed by atoms with E-state index in [-0.39, 0.29) is 16.9 Å². The number of carbonyl (C=O) groups excluding carboxylic acids is 1. The third-order valence-electron chi connectivity index (χ3n) is 5.22. The average molecular weight is 465 g/mol. The molecule has 1 fully saturated rings. The number of piperazine rings is 1. The van der Waals surface area contributed by atoms with E-state index in [1.165, 1.54) is 0 Å². The summed E-state index contributed by atoms with van der Waals surface area (Å²) >= 11 is 6.04. The molecule has 1 aromatic carbocycles. The Morgan fingerprint density at radius 3 is 2.56 bits per heavy atom. The number of halogens is 4. The summed E-state index contributed by atoms with van der Waals surface area (Å²) in [7, 11) is 0. The fourth-order valence-corrected chi connectivity index (χ4v) is 3.82. The van der Waals surface area contributed by atoms with Crippen LogP contribution in [0.25, 0.3) is 5.69 Å². The van der Waals surface area contributed by atoms with E-state index in [0.717, 1.165) is 23.5 Å². The zero-order valence-electron chi connectivity index (χ0n) is 16.9. The Morgan fingerprint density at radius 1 is 1.16 bits per heavy atom. The van der Waals surface area contributed by atoms with Crippen LogP contribution in [0.5, 0.6) is 0 Å². The molecule has 1 aliphatic rings. The van der Waals surface area contributed by atoms with Gasteiger partial charge >= 0.3 is 12.2 Å². The van der Waals surface area contributed by atoms with Crippen LogP contribution in [0, 0.1) is 0 Å². The topological polar surface area (TPSA) is 66.3 Å². The van der Waals surface area contributed by atoms with Gasteiger partial charge in [-0.1, -0.05) is 29.8 Å². The van der Waals surface area contributed by atoms with Crippen LogP contribution in [-0.2, 0) is 12.7 Å². The van der Waals surface area contributed by atoms with Gasteiger partial charge in [0.1, 0.15) is 5.82 Å². The third kappa shape index (κ3) is 4.80. The number of alkyl halides is 3. The molecule has 32 heavy (non-hydrogen) atoms. The van der Waals surface area contributed by atoms with Gasteiger partial charge < -0.3 is 19.7 Å². The number of nitrogens with one attached hydrogen (secondary N) is 1. The molecule has 2 aromatic heterocycles. The number of amides is 2. The van der Waals surface area contributed by atoms with E-state index in [1.54, 1.807) is 22.3 Å². The van der Waals surface area contributed by atoms with Gasteiger partial charge in [-0.15, -0.1) is 0 Å². The quantitative estimate of drug-likeness (QED) is 0.634. The molecule has 11 heteroatoms. The molecule has 2 amide bonds. The van der Waals surface area contributed by atoms with Gasteiger partial charge in [-0.25, -0.2) is 14.8 Å². The Balaban J connectivity index is 1.34. The van der Waals surface area contributed by atoms with Crippen LogP contribution in [0.15, 0.2) is 55.2 Å². The van der Waals surface area contributed by atoms with E-state index in [2.05, 4.69) is 15.3 Å². The minimum Gasteiger partial charge on any atom is -0.352 e. The molecule has 4 rings (SSSR count). The van der Waals surface area contributed by atoms with Crippen molar-refractivity contribution in [3.63, 3.8) is 0 Å². The van der Waals surface area contributed by atoms with Crippen molar-refractivity contribution in [2.75, 3.05) is 31.1 Å². The van der Waals surface area contributed by atoms with Gasteiger partial charge in [-0.05, 0) is 17.7 Å². The highest BCUT2D eigenvalue weighted by Crippen LogP contribution is 2.33. The summed E-state index contributed by atoms with van der Waals surface area (Å²) < 4.78 is 40.3. The highest BCUT2D eigenvalue weighted by molar-refractivity contribution is 6.33. The monoisotopic (exact) mass is 464 g/mol. The maximum absolute atomic E-state index is 12.8. The van der Waals surface area contributed by atoms with E-state index in [0.29, 0.717) is 32.7 Å². The molecule has 0 radical (unpaired) electrons. The number of benzene rings is 1. The predicted octanol–water partition coefficient (Wildman–Crippen LogP) is 3.97. The standard InChI is InChI=1S/C21H20ClF3N6O/c22-17-11-16(21(23,24)25)13-27-19(17)29-7-9-30(10-8-29)20(32)28-12-15-3-1-2-4-18(15)31-6-5-26-14-31/h1-6,11,13-14H,7-10,12H2,(H,28,32). The normalized spacial score (nSPS) is 14.5. The Hall–Kier alpha value is -3.27. The largest absolute Gasteiger partial charge is 0.417 e. The van der Waals surface area contributed by atoms with Crippen molar-refractivity contribution in [3.05, 3.63) is 71.4 Å². The number of para-hydroxylation sites is 1. The van der Waals surface area contributed by atoms with Crippen LogP contribution in [0.1, 0.15) is 11.1 Å². The number of rotatable bonds is 4. The Labute approximate surface area is 187 Å². The molecule has 168 valence electrons. The van der Waals surface area contributed by atoms with Crippen LogP contribution in [0.3, 0.4) is 0 Å². The second-order valence-corrected chi connectivity index (χ2v) is 7.67. The second kappa shape index (κ2) is 9.07. The zero-order chi connectivity index (χ0) is 22.7. The number of imidazole rings is 1. The van der Waals surface area contributed by atoms with Gasteiger partial charge in [0.05, 0.1) is 22.6 Å². The maximum Gasteiger partial charge on any atom is 0.417 e. The van der Waals surface area contributed by atoms with Crippen LogP contribution >= 0.6 is 11.6 Å². The second-order valence-electron chi connectivity index (χ2n) is 7.26. The molecule has 0 bridgehead atoms. The molecule has 0 atom stereocenters. The molecular weight excluding hydrogens is 445 g/mol. The fraction of sp³-hybridized carbons (Fsp3) is 0.286. The summed E-state index contributed by atoms with van der Waals surface area (Å²) in [6, 6.07) is 8.37. The number of aromatic nitrogens is 3. The number of carbonyl (C=O) groups is 1. The average Bonchev–Trinajstić information content (AvgIpc) is 3.32. The fourth-order valence-electron chi connectivity index (χ4n) is 3.54. The molecule has 1 saturated heterocycles. The van der Waals surface area contributed by atoms with Crippen molar-refractivity contribution in [1.82, 2.24) is 24.8 Å². The Kier molecular flexibility index (Phi) is 6.22. The van der Waals surface area contributed by atoms with Crippen LogP contribution in [0.2, 0.25) is 5.02 Å². The molecule has 0 unspecified atom stereocenters. The summed E-state index contributed by atoms with van der Waals surface area (Å²) in [4.78, 5) is 24.0. The summed E-state index contributed by atoms with van der Waals surface area (Å²) in [6.45, 7) is 1.97. The molecule has 1 aliphatic heterocycles. The van der Waals surface area contributed by atoms with Crippen molar-refractivity contribution < 1.29 is 18.0 Å². The lowest BCUT2D eigenvalue weighted by molar-refractivity contribution is -0.137. The van der Waals surface area contributed by atoms with Crippen molar-refractivity contribution in [2.45, 2.75) is 12.7 Å². The molecule has 3 heterocycles. The molecule has 0 saturated carbocycles. The van der Waals surface area contributed by atoms with Gasteiger partial charge in [-0.2, -0.15) is 13.2 Å². The first-order chi connectivity index (χ1) is 15.3. The molecular formula is C21H20ClF3N6O. The Morgan fingerprint density at radius 2 is 1.91 bits per heavy atom. The number of hydrogen-bond donors (Lipinski definition) is 1. The molecule has 1 N–H and O–H groups in total. The van der Waals surface area contributed by atoms with Crippen molar-refractivity contribution in [2.24, 2.45) is 0 Å². The van der Waals surface area contributed by atoms with Gasteiger partial charge in [0, 0.05) is 51.3 Å². The van der Waals surface area contributed by atoms with Gasteiger partial charge in [0.2, 0.25) is 0 Å². The van der Waals surface area contributed by atoms with Crippen molar-refractivity contribution in [1.29, 1.82) is 0 Å². The van der Waals surface area contributed by atoms with Gasteiger partial charge in [0.15, 0.2) is 0 Å². The van der Waals surface area contributed by atoms with E-state index >= 15 is 0 Å². The number of nitrogens with zero attached hydrogens (tertiary/aromatic N) is 5. The number of urea groups is 1. The summed E-state index contributed by atoms with van der Waals surface area (Å²) in [5, 5.41) is 2.87. The first kappa shape index (κ1) is 21.9.